The van der Waals surface area contributed by atoms with Crippen LogP contribution in [0.4, 0.5) is 30.7 Å². The van der Waals surface area contributed by atoms with Gasteiger partial charge in [-0.1, -0.05) is 0 Å². The van der Waals surface area contributed by atoms with Gasteiger partial charge < -0.3 is 5.32 Å². The van der Waals surface area contributed by atoms with E-state index in [-0.39, 0.29) is 11.4 Å². The third-order valence-corrected chi connectivity index (χ3v) is 4.93. The van der Waals surface area contributed by atoms with E-state index in [2.05, 4.69) is 25.4 Å². The predicted molar refractivity (Wildman–Crippen MR) is 96.9 cm³/mol. The summed E-state index contributed by atoms with van der Waals surface area (Å²) in [5, 5.41) is 6.75. The highest BCUT2D eigenvalue weighted by Crippen LogP contribution is 2.34. The Morgan fingerprint density at radius 3 is 2.30 bits per heavy atom. The number of amides is 1. The van der Waals surface area contributed by atoms with Gasteiger partial charge in [0, 0.05) is 12.1 Å². The maximum Gasteiger partial charge on any atom is 0.434 e. The molecule has 174 valence electrons. The molecular weight excluding hydrogens is 461 g/mol. The first-order chi connectivity index (χ1) is 15.4. The van der Waals surface area contributed by atoms with E-state index in [1.807, 2.05) is 0 Å². The maximum absolute atomic E-state index is 14.2. The van der Waals surface area contributed by atoms with Gasteiger partial charge in [0.2, 0.25) is 0 Å². The monoisotopic (exact) mass is 474 g/mol. The van der Waals surface area contributed by atoms with E-state index in [0.29, 0.717) is 49.7 Å². The first-order valence-corrected chi connectivity index (χ1v) is 9.44. The second kappa shape index (κ2) is 8.08. The zero-order valence-corrected chi connectivity index (χ0v) is 16.4. The smallest absolute Gasteiger partial charge is 0.342 e. The summed E-state index contributed by atoms with van der Waals surface area (Å²) >= 11 is 0. The molecule has 0 aromatic carbocycles. The molecule has 33 heavy (non-hydrogen) atoms. The van der Waals surface area contributed by atoms with Crippen molar-refractivity contribution in [2.24, 2.45) is 0 Å². The topological polar surface area (TPSA) is 85.6 Å². The van der Waals surface area contributed by atoms with Crippen LogP contribution in [0.2, 0.25) is 0 Å². The second-order valence-corrected chi connectivity index (χ2v) is 7.18. The van der Waals surface area contributed by atoms with Gasteiger partial charge in [-0.15, -0.1) is 0 Å². The van der Waals surface area contributed by atoms with E-state index < -0.39 is 47.1 Å². The number of carbonyl (C=O) groups is 1. The minimum atomic E-state index is -4.78. The van der Waals surface area contributed by atoms with Crippen molar-refractivity contribution in [1.29, 1.82) is 0 Å². The van der Waals surface area contributed by atoms with Crippen molar-refractivity contribution in [3.05, 3.63) is 59.3 Å². The fourth-order valence-electron chi connectivity index (χ4n) is 3.38. The number of hydrogen-bond acceptors (Lipinski definition) is 5. The third kappa shape index (κ3) is 4.64. The Morgan fingerprint density at radius 1 is 0.970 bits per heavy atom. The fourth-order valence-corrected chi connectivity index (χ4v) is 3.38. The SMILES string of the molecule is O=C(NC1CCCn2nc(-c3cc(C(F)(F)F)ncc3F)cc21)c1cnc(C(F)(F)F)cn1. The van der Waals surface area contributed by atoms with Crippen molar-refractivity contribution in [3.63, 3.8) is 0 Å². The number of carbonyl (C=O) groups excluding carboxylic acids is 1. The van der Waals surface area contributed by atoms with Gasteiger partial charge in [-0.3, -0.25) is 9.48 Å². The molecule has 7 nitrogen and oxygen atoms in total. The number of fused-ring (bicyclic) bond motifs is 1. The lowest BCUT2D eigenvalue weighted by Gasteiger charge is -2.24. The van der Waals surface area contributed by atoms with Gasteiger partial charge in [0.15, 0.2) is 11.5 Å². The minimum absolute atomic E-state index is 0.0779. The lowest BCUT2D eigenvalue weighted by atomic mass is 10.0. The molecule has 3 aromatic rings. The zero-order chi connectivity index (χ0) is 24.0. The van der Waals surface area contributed by atoms with Gasteiger partial charge >= 0.3 is 12.4 Å². The maximum atomic E-state index is 14.2. The molecular formula is C19H13F7N6O. The molecule has 1 aliphatic heterocycles. The molecule has 4 heterocycles. The van der Waals surface area contributed by atoms with E-state index in [1.54, 1.807) is 0 Å². The highest BCUT2D eigenvalue weighted by Gasteiger charge is 2.35. The second-order valence-electron chi connectivity index (χ2n) is 7.18. The van der Waals surface area contributed by atoms with Crippen LogP contribution in [0.15, 0.2) is 30.7 Å². The molecule has 1 unspecified atom stereocenters. The van der Waals surface area contributed by atoms with E-state index in [1.165, 1.54) is 10.7 Å². The average Bonchev–Trinajstić information content (AvgIpc) is 3.18. The molecule has 4 rings (SSSR count). The lowest BCUT2D eigenvalue weighted by Crippen LogP contribution is -2.33. The van der Waals surface area contributed by atoms with Crippen LogP contribution in [0.25, 0.3) is 11.3 Å². The van der Waals surface area contributed by atoms with E-state index >= 15 is 0 Å². The average molecular weight is 474 g/mol. The normalized spacial score (nSPS) is 16.4. The summed E-state index contributed by atoms with van der Waals surface area (Å²) in [6, 6.07) is 1.22. The summed E-state index contributed by atoms with van der Waals surface area (Å²) in [5.74, 6) is -1.80. The highest BCUT2D eigenvalue weighted by atomic mass is 19.4. The molecule has 0 saturated heterocycles. The highest BCUT2D eigenvalue weighted by molar-refractivity contribution is 5.92. The van der Waals surface area contributed by atoms with Crippen LogP contribution in [0.3, 0.4) is 0 Å². The molecule has 0 aliphatic carbocycles. The largest absolute Gasteiger partial charge is 0.434 e. The number of alkyl halides is 6. The van der Waals surface area contributed by atoms with Crippen molar-refractivity contribution in [1.82, 2.24) is 30.0 Å². The van der Waals surface area contributed by atoms with Crippen LogP contribution < -0.4 is 5.32 Å². The van der Waals surface area contributed by atoms with Crippen molar-refractivity contribution < 1.29 is 35.5 Å². The first-order valence-electron chi connectivity index (χ1n) is 9.44. The van der Waals surface area contributed by atoms with Gasteiger partial charge in [0.25, 0.3) is 5.91 Å². The van der Waals surface area contributed by atoms with Gasteiger partial charge in [-0.2, -0.15) is 31.4 Å². The quantitative estimate of drug-likeness (QED) is 0.576. The van der Waals surface area contributed by atoms with E-state index in [9.17, 15) is 35.5 Å². The number of pyridine rings is 1. The molecule has 14 heteroatoms. The van der Waals surface area contributed by atoms with Crippen LogP contribution in [-0.2, 0) is 18.9 Å². The minimum Gasteiger partial charge on any atom is -0.342 e. The van der Waals surface area contributed by atoms with E-state index in [0.717, 1.165) is 0 Å². The van der Waals surface area contributed by atoms with Crippen LogP contribution in [0, 0.1) is 5.82 Å². The summed E-state index contributed by atoms with van der Waals surface area (Å²) in [6.07, 6.45) is -6.96. The number of nitrogens with zero attached hydrogens (tertiary/aromatic N) is 5. The Morgan fingerprint density at radius 2 is 1.67 bits per heavy atom. The number of rotatable bonds is 3. The van der Waals surface area contributed by atoms with Gasteiger partial charge in [-0.25, -0.2) is 19.3 Å². The van der Waals surface area contributed by atoms with Crippen molar-refractivity contribution in [2.45, 2.75) is 37.8 Å². The summed E-state index contributed by atoms with van der Waals surface area (Å²) < 4.78 is 92.4. The van der Waals surface area contributed by atoms with Crippen molar-refractivity contribution in [3.8, 4) is 11.3 Å². The fraction of sp³-hybridized carbons (Fsp3) is 0.316. The molecule has 1 N–H and O–H groups in total. The van der Waals surface area contributed by atoms with Crippen LogP contribution in [0.5, 0.6) is 0 Å². The number of aromatic nitrogens is 5. The van der Waals surface area contributed by atoms with Crippen LogP contribution in [0.1, 0.15) is 46.5 Å². The first kappa shape index (κ1) is 22.6. The Balaban J connectivity index is 1.59. The van der Waals surface area contributed by atoms with Gasteiger partial charge in [0.1, 0.15) is 11.4 Å². The molecule has 0 spiro atoms. The number of aryl methyl sites for hydroxylation is 1. The van der Waals surface area contributed by atoms with Crippen LogP contribution in [-0.4, -0.2) is 30.6 Å². The third-order valence-electron chi connectivity index (χ3n) is 4.93. The molecule has 0 saturated carbocycles. The molecule has 0 radical (unpaired) electrons. The molecule has 3 aromatic heterocycles. The standard InChI is InChI=1S/C19H13F7N6O/c20-10-6-28-15(18(21,22)23)4-9(10)12-5-14-11(2-1-3-32(14)31-12)30-17(33)13-7-29-16(8-27-13)19(24,25)26/h4-8,11H,1-3H2,(H,30,33). The lowest BCUT2D eigenvalue weighted by molar-refractivity contribution is -0.142. The molecule has 0 fully saturated rings. The number of halogens is 7. The van der Waals surface area contributed by atoms with Crippen molar-refractivity contribution >= 4 is 5.91 Å². The Kier molecular flexibility index (Phi) is 5.54. The van der Waals surface area contributed by atoms with Gasteiger partial charge in [0.05, 0.1) is 36.0 Å². The summed E-state index contributed by atoms with van der Waals surface area (Å²) in [5.41, 5.74) is -2.97. The summed E-state index contributed by atoms with van der Waals surface area (Å²) in [4.78, 5) is 22.2. The molecule has 1 atom stereocenters. The van der Waals surface area contributed by atoms with E-state index in [4.69, 9.17) is 0 Å². The summed E-state index contributed by atoms with van der Waals surface area (Å²) in [7, 11) is 0. The van der Waals surface area contributed by atoms with Gasteiger partial charge in [-0.05, 0) is 25.0 Å². The molecule has 0 bridgehead atoms. The predicted octanol–water partition coefficient (Wildman–Crippen LogP) is 4.18. The summed E-state index contributed by atoms with van der Waals surface area (Å²) in [6.45, 7) is 0.376. The molecule has 1 amide bonds. The number of nitrogens with one attached hydrogen (secondary N) is 1. The Hall–Kier alpha value is -3.58. The zero-order valence-electron chi connectivity index (χ0n) is 16.4. The van der Waals surface area contributed by atoms with Crippen LogP contribution >= 0.6 is 0 Å². The Bertz CT molecular complexity index is 1190. The number of hydrogen-bond donors (Lipinski definition) is 1. The molecule has 1 aliphatic rings. The van der Waals surface area contributed by atoms with Crippen molar-refractivity contribution in [2.75, 3.05) is 0 Å². The Labute approximate surface area is 180 Å².